The van der Waals surface area contributed by atoms with Crippen molar-refractivity contribution in [3.05, 3.63) is 65.7 Å². The highest BCUT2D eigenvalue weighted by molar-refractivity contribution is 7.86. The molecule has 0 spiro atoms. The first-order valence-corrected chi connectivity index (χ1v) is 10.4. The fourth-order valence-electron chi connectivity index (χ4n) is 3.73. The Labute approximate surface area is 163 Å². The van der Waals surface area contributed by atoms with E-state index in [0.717, 1.165) is 5.56 Å². The standard InChI is InChI=1S/C20H21NO6S/c1-13-7-9-15(10-8-13)28(24,25)27-17-11-21(18-16(22)12-26-19(17)18)20(23)14-5-3-2-4-6-14/h2-10,16-19,22H,11-12H2,1H3/t16-,17+,18+,19+/m0/s1. The van der Waals surface area contributed by atoms with Gasteiger partial charge in [0.2, 0.25) is 0 Å². The van der Waals surface area contributed by atoms with Crippen LogP contribution in [-0.4, -0.2) is 61.8 Å². The molecule has 0 saturated carbocycles. The number of likely N-dealkylation sites (tertiary alicyclic amines) is 1. The number of aryl methyl sites for hydroxylation is 1. The number of amides is 1. The molecule has 0 radical (unpaired) electrons. The summed E-state index contributed by atoms with van der Waals surface area (Å²) >= 11 is 0. The van der Waals surface area contributed by atoms with E-state index in [1.807, 2.05) is 6.92 Å². The fourth-order valence-corrected chi connectivity index (χ4v) is 4.81. The molecular formula is C20H21NO6S. The summed E-state index contributed by atoms with van der Waals surface area (Å²) < 4.78 is 36.4. The molecule has 148 valence electrons. The summed E-state index contributed by atoms with van der Waals surface area (Å²) in [5, 5.41) is 10.3. The van der Waals surface area contributed by atoms with E-state index >= 15 is 0 Å². The van der Waals surface area contributed by atoms with Crippen LogP contribution in [0.4, 0.5) is 0 Å². The van der Waals surface area contributed by atoms with E-state index < -0.39 is 34.5 Å². The quantitative estimate of drug-likeness (QED) is 0.775. The fraction of sp³-hybridized carbons (Fsp3) is 0.350. The Morgan fingerprint density at radius 2 is 1.82 bits per heavy atom. The average molecular weight is 403 g/mol. The average Bonchev–Trinajstić information content (AvgIpc) is 3.23. The molecule has 2 fully saturated rings. The summed E-state index contributed by atoms with van der Waals surface area (Å²) in [4.78, 5) is 14.4. The van der Waals surface area contributed by atoms with Crippen LogP contribution < -0.4 is 0 Å². The van der Waals surface area contributed by atoms with Crippen LogP contribution in [0.25, 0.3) is 0 Å². The topological polar surface area (TPSA) is 93.1 Å². The van der Waals surface area contributed by atoms with Crippen LogP contribution in [0, 0.1) is 6.92 Å². The second-order valence-corrected chi connectivity index (χ2v) is 8.65. The second kappa shape index (κ2) is 7.29. The van der Waals surface area contributed by atoms with E-state index in [1.54, 1.807) is 42.5 Å². The normalized spacial score (nSPS) is 27.0. The maximum Gasteiger partial charge on any atom is 0.297 e. The van der Waals surface area contributed by atoms with Gasteiger partial charge >= 0.3 is 0 Å². The molecule has 4 atom stereocenters. The number of hydrogen-bond acceptors (Lipinski definition) is 6. The number of benzene rings is 2. The van der Waals surface area contributed by atoms with Crippen molar-refractivity contribution in [3.63, 3.8) is 0 Å². The number of carbonyl (C=O) groups is 1. The Kier molecular flexibility index (Phi) is 4.96. The number of carbonyl (C=O) groups excluding carboxylic acids is 1. The summed E-state index contributed by atoms with van der Waals surface area (Å²) in [7, 11) is -4.03. The molecule has 2 heterocycles. The summed E-state index contributed by atoms with van der Waals surface area (Å²) in [6.45, 7) is 1.91. The molecule has 0 aliphatic carbocycles. The molecular weight excluding hydrogens is 382 g/mol. The van der Waals surface area contributed by atoms with Gasteiger partial charge in [0.1, 0.15) is 18.3 Å². The minimum atomic E-state index is -4.03. The van der Waals surface area contributed by atoms with Crippen LogP contribution in [0.2, 0.25) is 0 Å². The molecule has 0 unspecified atom stereocenters. The van der Waals surface area contributed by atoms with Gasteiger partial charge in [-0.15, -0.1) is 0 Å². The van der Waals surface area contributed by atoms with Crippen LogP contribution in [0.5, 0.6) is 0 Å². The summed E-state index contributed by atoms with van der Waals surface area (Å²) in [6.07, 6.45) is -2.49. The third-order valence-electron chi connectivity index (χ3n) is 5.13. The first-order valence-electron chi connectivity index (χ1n) is 9.02. The molecule has 4 rings (SSSR count). The Morgan fingerprint density at radius 3 is 2.50 bits per heavy atom. The van der Waals surface area contributed by atoms with Crippen molar-refractivity contribution >= 4 is 16.0 Å². The van der Waals surface area contributed by atoms with Crippen LogP contribution in [0.3, 0.4) is 0 Å². The second-order valence-electron chi connectivity index (χ2n) is 7.08. The number of nitrogens with zero attached hydrogens (tertiary/aromatic N) is 1. The Morgan fingerprint density at radius 1 is 1.14 bits per heavy atom. The lowest BCUT2D eigenvalue weighted by Gasteiger charge is -2.24. The van der Waals surface area contributed by atoms with Crippen LogP contribution in [0.1, 0.15) is 15.9 Å². The minimum Gasteiger partial charge on any atom is -0.388 e. The number of hydrogen-bond donors (Lipinski definition) is 1. The largest absolute Gasteiger partial charge is 0.388 e. The molecule has 0 bridgehead atoms. The van der Waals surface area contributed by atoms with Gasteiger partial charge in [0, 0.05) is 5.56 Å². The lowest BCUT2D eigenvalue weighted by molar-refractivity contribution is 0.0265. The van der Waals surface area contributed by atoms with Gasteiger partial charge in [-0.05, 0) is 31.2 Å². The van der Waals surface area contributed by atoms with Crippen LogP contribution in [-0.2, 0) is 19.0 Å². The van der Waals surface area contributed by atoms with Crippen molar-refractivity contribution < 1.29 is 27.2 Å². The predicted octanol–water partition coefficient (Wildman–Crippen LogP) is 1.35. The summed E-state index contributed by atoms with van der Waals surface area (Å²) in [5.41, 5.74) is 1.39. The van der Waals surface area contributed by atoms with Crippen molar-refractivity contribution in [2.24, 2.45) is 0 Å². The summed E-state index contributed by atoms with van der Waals surface area (Å²) in [5.74, 6) is -0.293. The predicted molar refractivity (Wildman–Crippen MR) is 100 cm³/mol. The lowest BCUT2D eigenvalue weighted by Crippen LogP contribution is -2.44. The molecule has 2 aromatic rings. The minimum absolute atomic E-state index is 0.0191. The van der Waals surface area contributed by atoms with E-state index in [4.69, 9.17) is 8.92 Å². The van der Waals surface area contributed by atoms with Gasteiger partial charge in [-0.2, -0.15) is 8.42 Å². The van der Waals surface area contributed by atoms with Crippen LogP contribution in [0.15, 0.2) is 59.5 Å². The van der Waals surface area contributed by atoms with E-state index in [-0.39, 0.29) is 24.0 Å². The molecule has 2 aromatic carbocycles. The Hall–Kier alpha value is -2.26. The van der Waals surface area contributed by atoms with Gasteiger partial charge in [-0.25, -0.2) is 0 Å². The molecule has 7 nitrogen and oxygen atoms in total. The molecule has 8 heteroatoms. The smallest absolute Gasteiger partial charge is 0.297 e. The highest BCUT2D eigenvalue weighted by atomic mass is 32.2. The third kappa shape index (κ3) is 3.44. The number of aliphatic hydroxyl groups excluding tert-OH is 1. The molecule has 2 saturated heterocycles. The van der Waals surface area contributed by atoms with E-state index in [9.17, 15) is 18.3 Å². The van der Waals surface area contributed by atoms with Crippen molar-refractivity contribution in [3.8, 4) is 0 Å². The van der Waals surface area contributed by atoms with Gasteiger partial charge in [0.15, 0.2) is 0 Å². The molecule has 0 aromatic heterocycles. The van der Waals surface area contributed by atoms with Gasteiger partial charge in [0.25, 0.3) is 16.0 Å². The number of fused-ring (bicyclic) bond motifs is 1. The number of ether oxygens (including phenoxy) is 1. The number of aliphatic hydroxyl groups is 1. The van der Waals surface area contributed by atoms with Crippen molar-refractivity contribution in [1.82, 2.24) is 4.90 Å². The first kappa shape index (κ1) is 19.1. The zero-order valence-corrected chi connectivity index (χ0v) is 16.1. The lowest BCUT2D eigenvalue weighted by atomic mass is 10.1. The Bertz CT molecular complexity index is 960. The van der Waals surface area contributed by atoms with Gasteiger partial charge in [-0.3, -0.25) is 8.98 Å². The highest BCUT2D eigenvalue weighted by Crippen LogP contribution is 2.34. The molecule has 2 aliphatic rings. The van der Waals surface area contributed by atoms with Gasteiger partial charge < -0.3 is 14.7 Å². The van der Waals surface area contributed by atoms with E-state index in [0.29, 0.717) is 5.56 Å². The molecule has 1 N–H and O–H groups in total. The third-order valence-corrected chi connectivity index (χ3v) is 6.48. The maximum atomic E-state index is 12.9. The zero-order chi connectivity index (χ0) is 19.9. The first-order chi connectivity index (χ1) is 13.4. The van der Waals surface area contributed by atoms with Crippen molar-refractivity contribution in [2.45, 2.75) is 36.2 Å². The summed E-state index contributed by atoms with van der Waals surface area (Å²) in [6, 6.07) is 14.3. The van der Waals surface area contributed by atoms with Crippen LogP contribution >= 0.6 is 0 Å². The molecule has 28 heavy (non-hydrogen) atoms. The van der Waals surface area contributed by atoms with Crippen molar-refractivity contribution in [1.29, 1.82) is 0 Å². The molecule has 2 aliphatic heterocycles. The van der Waals surface area contributed by atoms with E-state index in [1.165, 1.54) is 17.0 Å². The monoisotopic (exact) mass is 403 g/mol. The van der Waals surface area contributed by atoms with Gasteiger partial charge in [0.05, 0.1) is 24.1 Å². The van der Waals surface area contributed by atoms with Crippen molar-refractivity contribution in [2.75, 3.05) is 13.2 Å². The Balaban J connectivity index is 1.59. The van der Waals surface area contributed by atoms with Gasteiger partial charge in [-0.1, -0.05) is 35.9 Å². The maximum absolute atomic E-state index is 12.9. The molecule has 1 amide bonds. The SMILES string of the molecule is Cc1ccc(S(=O)(=O)O[C@@H]2CN(C(=O)c3ccccc3)[C@H]3[C@@H]2OC[C@@H]3O)cc1. The highest BCUT2D eigenvalue weighted by Gasteiger charge is 2.54. The van der Waals surface area contributed by atoms with E-state index in [2.05, 4.69) is 0 Å². The zero-order valence-electron chi connectivity index (χ0n) is 15.3. The number of rotatable bonds is 4.